The number of nitrogen functional groups attached to an aromatic ring is 1. The maximum Gasteiger partial charge on any atom is 0.0455 e. The Labute approximate surface area is 96.8 Å². The summed E-state index contributed by atoms with van der Waals surface area (Å²) in [6, 6.07) is 6.35. The second-order valence-electron chi connectivity index (χ2n) is 4.28. The number of benzene rings is 1. The van der Waals surface area contributed by atoms with E-state index in [4.69, 9.17) is 5.73 Å². The SMILES string of the molecule is CC(C)Sc1ccc(CN(C)C)cc1N. The van der Waals surface area contributed by atoms with Crippen molar-refractivity contribution in [2.75, 3.05) is 19.8 Å². The maximum absolute atomic E-state index is 6.01. The van der Waals surface area contributed by atoms with Crippen LogP contribution in [-0.4, -0.2) is 24.2 Å². The zero-order valence-corrected chi connectivity index (χ0v) is 10.8. The Morgan fingerprint density at radius 1 is 1.33 bits per heavy atom. The van der Waals surface area contributed by atoms with Gasteiger partial charge >= 0.3 is 0 Å². The van der Waals surface area contributed by atoms with Gasteiger partial charge in [0.1, 0.15) is 0 Å². The normalized spacial score (nSPS) is 11.3. The van der Waals surface area contributed by atoms with Gasteiger partial charge in [-0.2, -0.15) is 0 Å². The van der Waals surface area contributed by atoms with E-state index in [1.54, 1.807) is 0 Å². The van der Waals surface area contributed by atoms with Gasteiger partial charge < -0.3 is 10.6 Å². The molecule has 0 unspecified atom stereocenters. The molecule has 2 nitrogen and oxygen atoms in total. The molecule has 3 heteroatoms. The molecule has 0 amide bonds. The smallest absolute Gasteiger partial charge is 0.0455 e. The van der Waals surface area contributed by atoms with Crippen molar-refractivity contribution in [1.29, 1.82) is 0 Å². The van der Waals surface area contributed by atoms with Gasteiger partial charge in [-0.25, -0.2) is 0 Å². The molecule has 0 aliphatic heterocycles. The fraction of sp³-hybridized carbons (Fsp3) is 0.500. The lowest BCUT2D eigenvalue weighted by Crippen LogP contribution is -2.10. The molecule has 0 heterocycles. The van der Waals surface area contributed by atoms with Crippen molar-refractivity contribution in [3.05, 3.63) is 23.8 Å². The van der Waals surface area contributed by atoms with Gasteiger partial charge in [-0.3, -0.25) is 0 Å². The average Bonchev–Trinajstić information content (AvgIpc) is 2.08. The van der Waals surface area contributed by atoms with E-state index in [-0.39, 0.29) is 0 Å². The molecule has 0 spiro atoms. The lowest BCUT2D eigenvalue weighted by atomic mass is 10.2. The summed E-state index contributed by atoms with van der Waals surface area (Å²) in [5, 5.41) is 0.576. The number of hydrogen-bond donors (Lipinski definition) is 1. The van der Waals surface area contributed by atoms with E-state index in [2.05, 4.69) is 51.0 Å². The highest BCUT2D eigenvalue weighted by molar-refractivity contribution is 8.00. The molecule has 0 fully saturated rings. The van der Waals surface area contributed by atoms with Gasteiger partial charge in [0.2, 0.25) is 0 Å². The van der Waals surface area contributed by atoms with E-state index in [0.29, 0.717) is 5.25 Å². The summed E-state index contributed by atoms with van der Waals surface area (Å²) in [7, 11) is 4.12. The van der Waals surface area contributed by atoms with Gasteiger partial charge in [-0.1, -0.05) is 19.9 Å². The van der Waals surface area contributed by atoms with Crippen LogP contribution in [-0.2, 0) is 6.54 Å². The van der Waals surface area contributed by atoms with Crippen molar-refractivity contribution in [1.82, 2.24) is 4.90 Å². The summed E-state index contributed by atoms with van der Waals surface area (Å²) in [6.45, 7) is 5.30. The molecular formula is C12H20N2S. The van der Waals surface area contributed by atoms with Crippen molar-refractivity contribution in [2.45, 2.75) is 30.5 Å². The summed E-state index contributed by atoms with van der Waals surface area (Å²) in [5.41, 5.74) is 8.17. The highest BCUT2D eigenvalue weighted by atomic mass is 32.2. The predicted molar refractivity (Wildman–Crippen MR) is 69.2 cm³/mol. The van der Waals surface area contributed by atoms with Crippen LogP contribution in [0.3, 0.4) is 0 Å². The van der Waals surface area contributed by atoms with Crippen LogP contribution in [0, 0.1) is 0 Å². The summed E-state index contributed by atoms with van der Waals surface area (Å²) < 4.78 is 0. The number of nitrogens with zero attached hydrogens (tertiary/aromatic N) is 1. The second-order valence-corrected chi connectivity index (χ2v) is 5.89. The van der Waals surface area contributed by atoms with Crippen LogP contribution in [0.4, 0.5) is 5.69 Å². The van der Waals surface area contributed by atoms with E-state index < -0.39 is 0 Å². The molecule has 15 heavy (non-hydrogen) atoms. The Morgan fingerprint density at radius 2 is 2.00 bits per heavy atom. The van der Waals surface area contributed by atoms with Crippen LogP contribution in [0.1, 0.15) is 19.4 Å². The third kappa shape index (κ3) is 4.14. The first-order chi connectivity index (χ1) is 6.99. The van der Waals surface area contributed by atoms with Gasteiger partial charge in [0.15, 0.2) is 0 Å². The minimum absolute atomic E-state index is 0.576. The van der Waals surface area contributed by atoms with Crippen molar-refractivity contribution in [3.63, 3.8) is 0 Å². The number of hydrogen-bond acceptors (Lipinski definition) is 3. The van der Waals surface area contributed by atoms with Crippen LogP contribution in [0.15, 0.2) is 23.1 Å². The van der Waals surface area contributed by atoms with Crippen molar-refractivity contribution < 1.29 is 0 Å². The zero-order chi connectivity index (χ0) is 11.4. The summed E-state index contributed by atoms with van der Waals surface area (Å²) in [6.07, 6.45) is 0. The number of thioether (sulfide) groups is 1. The Morgan fingerprint density at radius 3 is 2.47 bits per heavy atom. The maximum atomic E-state index is 6.01. The van der Waals surface area contributed by atoms with Gasteiger partial charge in [-0.05, 0) is 31.8 Å². The molecule has 1 rings (SSSR count). The van der Waals surface area contributed by atoms with Gasteiger partial charge in [0.05, 0.1) is 0 Å². The van der Waals surface area contributed by atoms with Gasteiger partial charge in [-0.15, -0.1) is 11.8 Å². The Bertz CT molecular complexity index is 321. The number of anilines is 1. The third-order valence-corrected chi connectivity index (χ3v) is 3.03. The Kier molecular flexibility index (Phi) is 4.48. The molecule has 0 atom stereocenters. The first-order valence-electron chi connectivity index (χ1n) is 5.19. The van der Waals surface area contributed by atoms with E-state index >= 15 is 0 Å². The Balaban J connectivity index is 2.78. The molecule has 1 aromatic carbocycles. The highest BCUT2D eigenvalue weighted by Gasteiger charge is 2.04. The van der Waals surface area contributed by atoms with Crippen molar-refractivity contribution in [3.8, 4) is 0 Å². The molecule has 0 bridgehead atoms. The first kappa shape index (κ1) is 12.4. The van der Waals surface area contributed by atoms with Crippen molar-refractivity contribution in [2.24, 2.45) is 0 Å². The fourth-order valence-corrected chi connectivity index (χ4v) is 2.27. The van der Waals surface area contributed by atoms with Crippen LogP contribution in [0.2, 0.25) is 0 Å². The van der Waals surface area contributed by atoms with Crippen molar-refractivity contribution >= 4 is 17.4 Å². The molecule has 2 N–H and O–H groups in total. The standard InChI is InChI=1S/C12H20N2S/c1-9(2)15-12-6-5-10(7-11(12)13)8-14(3)4/h5-7,9H,8,13H2,1-4H3. The largest absolute Gasteiger partial charge is 0.398 e. The minimum Gasteiger partial charge on any atom is -0.398 e. The van der Waals surface area contributed by atoms with Crippen LogP contribution >= 0.6 is 11.8 Å². The molecule has 0 aromatic heterocycles. The van der Waals surface area contributed by atoms with Crippen LogP contribution in [0.25, 0.3) is 0 Å². The minimum atomic E-state index is 0.576. The number of nitrogens with two attached hydrogens (primary N) is 1. The molecule has 0 radical (unpaired) electrons. The second kappa shape index (κ2) is 5.42. The number of rotatable bonds is 4. The fourth-order valence-electron chi connectivity index (χ4n) is 1.42. The lowest BCUT2D eigenvalue weighted by molar-refractivity contribution is 0.402. The summed E-state index contributed by atoms with van der Waals surface area (Å²) in [5.74, 6) is 0. The molecule has 0 saturated heterocycles. The van der Waals surface area contributed by atoms with E-state index in [1.165, 1.54) is 10.5 Å². The topological polar surface area (TPSA) is 29.3 Å². The van der Waals surface area contributed by atoms with Gasteiger partial charge in [0, 0.05) is 22.4 Å². The highest BCUT2D eigenvalue weighted by Crippen LogP contribution is 2.29. The molecule has 84 valence electrons. The first-order valence-corrected chi connectivity index (χ1v) is 6.07. The summed E-state index contributed by atoms with van der Waals surface area (Å²) in [4.78, 5) is 3.33. The zero-order valence-electron chi connectivity index (χ0n) is 9.95. The molecule has 0 aliphatic rings. The Hall–Kier alpha value is -0.670. The molecule has 1 aromatic rings. The van der Waals surface area contributed by atoms with Crippen LogP contribution < -0.4 is 5.73 Å². The monoisotopic (exact) mass is 224 g/mol. The van der Waals surface area contributed by atoms with E-state index in [0.717, 1.165) is 12.2 Å². The van der Waals surface area contributed by atoms with Gasteiger partial charge in [0.25, 0.3) is 0 Å². The summed E-state index contributed by atoms with van der Waals surface area (Å²) >= 11 is 1.81. The third-order valence-electron chi connectivity index (χ3n) is 1.94. The van der Waals surface area contributed by atoms with Crippen LogP contribution in [0.5, 0.6) is 0 Å². The molecule has 0 saturated carbocycles. The van der Waals surface area contributed by atoms with E-state index in [1.807, 2.05) is 11.8 Å². The lowest BCUT2D eigenvalue weighted by Gasteiger charge is -2.13. The predicted octanol–water partition coefficient (Wildman–Crippen LogP) is 2.83. The molecular weight excluding hydrogens is 204 g/mol. The van der Waals surface area contributed by atoms with E-state index in [9.17, 15) is 0 Å². The quantitative estimate of drug-likeness (QED) is 0.630. The average molecular weight is 224 g/mol. The molecule has 0 aliphatic carbocycles.